The van der Waals surface area contributed by atoms with E-state index in [1.165, 1.54) is 16.7 Å². The van der Waals surface area contributed by atoms with Gasteiger partial charge in [-0.3, -0.25) is 19.2 Å². The molecule has 388 valence electrons. The second kappa shape index (κ2) is 23.1. The Morgan fingerprint density at radius 1 is 0.889 bits per heavy atom. The number of benzene rings is 2. The Morgan fingerprint density at radius 2 is 1.64 bits per heavy atom. The number of nitrogens with two attached hydrogens (primary N) is 1. The molecule has 6 N–H and O–H groups in total. The van der Waals surface area contributed by atoms with Crippen LogP contribution >= 0.6 is 23.1 Å². The molecule has 4 aliphatic heterocycles. The van der Waals surface area contributed by atoms with Crippen molar-refractivity contribution in [3.63, 3.8) is 0 Å². The Bertz CT molecular complexity index is 2500. The first kappa shape index (κ1) is 53.3. The molecule has 0 aliphatic carbocycles. The number of piperidine rings is 1. The van der Waals surface area contributed by atoms with Crippen molar-refractivity contribution in [1.82, 2.24) is 40.3 Å². The minimum atomic E-state index is -0.856. The third-order valence-electron chi connectivity index (χ3n) is 14.9. The molecule has 0 radical (unpaired) electrons. The summed E-state index contributed by atoms with van der Waals surface area (Å²) in [5.74, 6) is 0.00534. The molecule has 16 nitrogen and oxygen atoms in total. The van der Waals surface area contributed by atoms with Crippen molar-refractivity contribution in [3.05, 3.63) is 77.7 Å². The maximum absolute atomic E-state index is 14.2. The Morgan fingerprint density at radius 3 is 2.33 bits per heavy atom. The number of thiazole rings is 1. The minimum absolute atomic E-state index is 0.00583. The van der Waals surface area contributed by atoms with E-state index in [2.05, 4.69) is 52.5 Å². The first-order valence-electron chi connectivity index (χ1n) is 25.8. The number of nitrogens with zero attached hydrogens (tertiary/aromatic N) is 7. The molecule has 2 aromatic heterocycles. The molecule has 0 bridgehead atoms. The number of unbranched alkanes of at least 4 members (excludes halogenated alkanes) is 2. The van der Waals surface area contributed by atoms with Crippen molar-refractivity contribution in [1.29, 1.82) is 0 Å². The monoisotopic (exact) mass is 1020 g/mol. The Labute approximate surface area is 433 Å². The van der Waals surface area contributed by atoms with Crippen molar-refractivity contribution in [3.8, 4) is 10.4 Å². The molecule has 4 atom stereocenters. The SMILES string of the molecule is Cc1ncsc1-c1ccc([C@H](C)NC(=O)[C@@H]2C[C@@H](O)CN2C(=O)[C@@H](NC(=O)CCCCCN2CCC3(C2)CN(CCC(=O)Nc2cccc(Sc4cnc(N5CCC(C)(N)CC5)cn4)c2)C3)C(C)(C)C)cc1. The predicted molar refractivity (Wildman–Crippen MR) is 285 cm³/mol. The van der Waals surface area contributed by atoms with Crippen LogP contribution in [0, 0.1) is 17.8 Å². The van der Waals surface area contributed by atoms with Gasteiger partial charge in [-0.1, -0.05) is 69.3 Å². The van der Waals surface area contributed by atoms with Gasteiger partial charge in [-0.05, 0) is 101 Å². The quantitative estimate of drug-likeness (QED) is 0.0627. The molecule has 8 rings (SSSR count). The van der Waals surface area contributed by atoms with Gasteiger partial charge in [0.2, 0.25) is 23.6 Å². The van der Waals surface area contributed by atoms with Crippen molar-refractivity contribution < 1.29 is 24.3 Å². The number of nitrogens with one attached hydrogen (secondary N) is 3. The molecule has 2 aromatic carbocycles. The van der Waals surface area contributed by atoms with E-state index in [1.807, 2.05) is 101 Å². The summed E-state index contributed by atoms with van der Waals surface area (Å²) in [4.78, 5) is 78.6. The summed E-state index contributed by atoms with van der Waals surface area (Å²) < 4.78 is 0. The summed E-state index contributed by atoms with van der Waals surface area (Å²) in [6.45, 7) is 19.3. The van der Waals surface area contributed by atoms with Crippen molar-refractivity contribution in [2.24, 2.45) is 16.6 Å². The molecule has 4 fully saturated rings. The highest BCUT2D eigenvalue weighted by atomic mass is 32.2. The lowest BCUT2D eigenvalue weighted by Gasteiger charge is -2.48. The molecule has 72 heavy (non-hydrogen) atoms. The number of β-amino-alcohol motifs (C(OH)–C–C–N with tert-alkyl or cyclic N) is 1. The van der Waals surface area contributed by atoms with Crippen LogP contribution in [0.5, 0.6) is 0 Å². The van der Waals surface area contributed by atoms with E-state index < -0.39 is 23.6 Å². The van der Waals surface area contributed by atoms with Crippen LogP contribution in [-0.4, -0.2) is 141 Å². The van der Waals surface area contributed by atoms with E-state index in [1.54, 1.807) is 11.3 Å². The van der Waals surface area contributed by atoms with Gasteiger partial charge < -0.3 is 46.4 Å². The van der Waals surface area contributed by atoms with E-state index in [0.29, 0.717) is 19.3 Å². The number of amides is 4. The Kier molecular flexibility index (Phi) is 17.1. The van der Waals surface area contributed by atoms with Gasteiger partial charge in [0.1, 0.15) is 22.9 Å². The molecule has 4 aliphatic rings. The number of carbonyl (C=O) groups is 4. The summed E-state index contributed by atoms with van der Waals surface area (Å²) in [5, 5.41) is 20.7. The first-order chi connectivity index (χ1) is 34.3. The van der Waals surface area contributed by atoms with Crippen LogP contribution < -0.4 is 26.6 Å². The topological polar surface area (TPSA) is 202 Å². The Balaban J connectivity index is 0.705. The number of carbonyl (C=O) groups excluding carboxylic acids is 4. The third kappa shape index (κ3) is 13.8. The number of aliphatic hydroxyl groups is 1. The van der Waals surface area contributed by atoms with E-state index in [4.69, 9.17) is 5.73 Å². The molecule has 4 saturated heterocycles. The van der Waals surface area contributed by atoms with E-state index in [9.17, 15) is 24.3 Å². The largest absolute Gasteiger partial charge is 0.391 e. The minimum Gasteiger partial charge on any atom is -0.391 e. The second-order valence-corrected chi connectivity index (χ2v) is 24.2. The molecule has 1 spiro atoms. The number of rotatable bonds is 19. The van der Waals surface area contributed by atoms with E-state index >= 15 is 0 Å². The van der Waals surface area contributed by atoms with Crippen LogP contribution in [0.15, 0.2) is 76.4 Å². The first-order valence-corrected chi connectivity index (χ1v) is 27.5. The summed E-state index contributed by atoms with van der Waals surface area (Å²) >= 11 is 3.11. The number of hydrogen-bond acceptors (Lipinski definition) is 14. The van der Waals surface area contributed by atoms with Gasteiger partial charge in [0, 0.05) is 86.6 Å². The number of anilines is 2. The zero-order valence-electron chi connectivity index (χ0n) is 43.0. The van der Waals surface area contributed by atoms with Gasteiger partial charge in [0.15, 0.2) is 0 Å². The molecule has 0 saturated carbocycles. The molecule has 18 heteroatoms. The number of aromatic nitrogens is 3. The third-order valence-corrected chi connectivity index (χ3v) is 16.8. The average molecular weight is 1020 g/mol. The van der Waals surface area contributed by atoms with Crippen molar-refractivity contribution in [2.75, 3.05) is 69.1 Å². The van der Waals surface area contributed by atoms with Crippen LogP contribution in [0.25, 0.3) is 10.4 Å². The maximum atomic E-state index is 14.2. The molecular formula is C54H75N11O5S2. The number of aliphatic hydroxyl groups excluding tert-OH is 1. The molecule has 4 aromatic rings. The van der Waals surface area contributed by atoms with Gasteiger partial charge in [-0.25, -0.2) is 15.0 Å². The van der Waals surface area contributed by atoms with Crippen LogP contribution in [0.2, 0.25) is 0 Å². The smallest absolute Gasteiger partial charge is 0.246 e. The number of likely N-dealkylation sites (tertiary alicyclic amines) is 3. The molecule has 6 heterocycles. The van der Waals surface area contributed by atoms with E-state index in [0.717, 1.165) is 128 Å². The highest BCUT2D eigenvalue weighted by Crippen LogP contribution is 2.40. The summed E-state index contributed by atoms with van der Waals surface area (Å²) in [5.41, 5.74) is 11.4. The van der Waals surface area contributed by atoms with E-state index in [-0.39, 0.29) is 53.6 Å². The van der Waals surface area contributed by atoms with Gasteiger partial charge in [-0.2, -0.15) is 0 Å². The van der Waals surface area contributed by atoms with Gasteiger partial charge in [0.05, 0.1) is 40.6 Å². The highest BCUT2D eigenvalue weighted by Gasteiger charge is 2.47. The van der Waals surface area contributed by atoms with Crippen molar-refractivity contribution >= 4 is 58.2 Å². The number of aryl methyl sites for hydroxylation is 1. The standard InChI is InChI=1S/C54H75N11O5S2/c1-36(38-14-16-39(17-15-38)48-37(2)58-35-71-48)59-50(69)43-28-41(66)31-65(43)51(70)49(52(3,4)5)61-45(67)13-8-7-9-22-62-24-21-54(32-62)33-63(34-54)23-18-46(68)60-40-11-10-12-42(27-40)72-47-30-56-44(29-57-47)64-25-19-53(6,55)20-26-64/h10-12,14-17,27,29-30,35-36,41,43,49,66H,7-9,13,18-26,28,31-34,55H2,1-6H3,(H,59,69)(H,60,68)(H,61,67)/t36-,41+,43-,49+/m0/s1. The fourth-order valence-electron chi connectivity index (χ4n) is 10.6. The summed E-state index contributed by atoms with van der Waals surface area (Å²) in [6.07, 6.45) is 9.28. The number of hydrogen-bond donors (Lipinski definition) is 5. The average Bonchev–Trinajstić information content (AvgIpc) is 4.08. The van der Waals surface area contributed by atoms with Crippen LogP contribution in [0.1, 0.15) is 110 Å². The maximum Gasteiger partial charge on any atom is 0.246 e. The van der Waals surface area contributed by atoms with Gasteiger partial charge in [-0.15, -0.1) is 11.3 Å². The zero-order chi connectivity index (χ0) is 51.2. The van der Waals surface area contributed by atoms with Crippen LogP contribution in [-0.2, 0) is 19.2 Å². The zero-order valence-corrected chi connectivity index (χ0v) is 44.6. The normalized spacial score (nSPS) is 20.8. The predicted octanol–water partition coefficient (Wildman–Crippen LogP) is 6.64. The molecule has 0 unspecified atom stereocenters. The fourth-order valence-corrected chi connectivity index (χ4v) is 12.2. The summed E-state index contributed by atoms with van der Waals surface area (Å²) in [7, 11) is 0. The Hall–Kier alpha value is -4.98. The van der Waals surface area contributed by atoms with Crippen LogP contribution in [0.4, 0.5) is 11.5 Å². The lowest BCUT2D eigenvalue weighted by Crippen LogP contribution is -2.57. The second-order valence-electron chi connectivity index (χ2n) is 22.2. The lowest BCUT2D eigenvalue weighted by molar-refractivity contribution is -0.144. The fraction of sp³-hybridized carbons (Fsp3) is 0.574. The lowest BCUT2D eigenvalue weighted by atomic mass is 9.79. The van der Waals surface area contributed by atoms with Crippen molar-refractivity contribution in [2.45, 2.75) is 139 Å². The molecule has 4 amide bonds. The molecular weight excluding hydrogens is 947 g/mol. The van der Waals surface area contributed by atoms with Crippen LogP contribution in [0.3, 0.4) is 0 Å². The van der Waals surface area contributed by atoms with Gasteiger partial charge >= 0.3 is 0 Å². The van der Waals surface area contributed by atoms with Gasteiger partial charge in [0.25, 0.3) is 0 Å². The summed E-state index contributed by atoms with van der Waals surface area (Å²) in [6, 6.07) is 13.8. The highest BCUT2D eigenvalue weighted by molar-refractivity contribution is 7.99.